The minimum atomic E-state index is 0.162. The molecule has 14 heavy (non-hydrogen) atoms. The van der Waals surface area contributed by atoms with E-state index in [1.54, 1.807) is 0 Å². The molecule has 0 spiro atoms. The average Bonchev–Trinajstić information content (AvgIpc) is 2.60. The Morgan fingerprint density at radius 3 is 2.71 bits per heavy atom. The maximum absolute atomic E-state index is 8.30. The van der Waals surface area contributed by atoms with E-state index in [0.717, 1.165) is 0 Å². The van der Waals surface area contributed by atoms with Gasteiger partial charge in [-0.15, -0.1) is 0 Å². The van der Waals surface area contributed by atoms with Crippen LogP contribution in [0.3, 0.4) is 0 Å². The van der Waals surface area contributed by atoms with Gasteiger partial charge in [-0.25, -0.2) is 4.63 Å². The Morgan fingerprint density at radius 2 is 2.00 bits per heavy atom. The Morgan fingerprint density at radius 1 is 1.29 bits per heavy atom. The highest BCUT2D eigenvalue weighted by molar-refractivity contribution is 6.40. The predicted octanol–water partition coefficient (Wildman–Crippen LogP) is 3.47. The highest BCUT2D eigenvalue weighted by atomic mass is 35.5. The zero-order valence-electron chi connectivity index (χ0n) is 6.48. The van der Waals surface area contributed by atoms with Crippen LogP contribution < -0.4 is 0 Å². The first kappa shape index (κ1) is 9.08. The van der Waals surface area contributed by atoms with Crippen molar-refractivity contribution in [3.63, 3.8) is 0 Å². The second kappa shape index (κ2) is 3.34. The minimum Gasteiger partial charge on any atom is -0.243 e. The van der Waals surface area contributed by atoms with Gasteiger partial charge in [0.15, 0.2) is 5.52 Å². The third-order valence-corrected chi connectivity index (χ3v) is 2.14. The van der Waals surface area contributed by atoms with E-state index in [2.05, 4.69) is 25.0 Å². The molecule has 2 aromatic rings. The van der Waals surface area contributed by atoms with Crippen LogP contribution in [0.4, 0.5) is 5.69 Å². The van der Waals surface area contributed by atoms with Crippen molar-refractivity contribution in [3.8, 4) is 0 Å². The van der Waals surface area contributed by atoms with Crippen molar-refractivity contribution in [1.29, 1.82) is 0 Å². The molecular formula is C6HCl2N5O. The van der Waals surface area contributed by atoms with E-state index >= 15 is 0 Å². The van der Waals surface area contributed by atoms with Crippen LogP contribution in [-0.4, -0.2) is 10.3 Å². The SMILES string of the molecule is [N-]=[N+]=Nc1c(Cl)cc(Cl)c2nonc12. The number of benzene rings is 1. The lowest BCUT2D eigenvalue weighted by Crippen LogP contribution is -1.75. The Labute approximate surface area is 87.0 Å². The van der Waals surface area contributed by atoms with Crippen molar-refractivity contribution in [2.75, 3.05) is 0 Å². The van der Waals surface area contributed by atoms with E-state index in [1.165, 1.54) is 6.07 Å². The Kier molecular flexibility index (Phi) is 2.17. The molecule has 1 aromatic carbocycles. The maximum atomic E-state index is 8.30. The van der Waals surface area contributed by atoms with Gasteiger partial charge in [-0.1, -0.05) is 28.3 Å². The van der Waals surface area contributed by atoms with Crippen LogP contribution in [0.1, 0.15) is 0 Å². The molecule has 0 amide bonds. The largest absolute Gasteiger partial charge is 0.243 e. The van der Waals surface area contributed by atoms with Crippen LogP contribution in [0, 0.1) is 0 Å². The quantitative estimate of drug-likeness (QED) is 0.426. The molecule has 0 radical (unpaired) electrons. The summed E-state index contributed by atoms with van der Waals surface area (Å²) in [5.74, 6) is 0. The van der Waals surface area contributed by atoms with Crippen LogP contribution in [0.15, 0.2) is 15.8 Å². The van der Waals surface area contributed by atoms with Gasteiger partial charge in [0.1, 0.15) is 5.52 Å². The third-order valence-electron chi connectivity index (χ3n) is 1.56. The van der Waals surface area contributed by atoms with Crippen molar-refractivity contribution in [2.45, 2.75) is 0 Å². The monoisotopic (exact) mass is 229 g/mol. The fourth-order valence-electron chi connectivity index (χ4n) is 1.00. The second-order valence-corrected chi connectivity index (χ2v) is 3.15. The lowest BCUT2D eigenvalue weighted by atomic mass is 10.3. The van der Waals surface area contributed by atoms with Gasteiger partial charge in [0, 0.05) is 4.91 Å². The second-order valence-electron chi connectivity index (χ2n) is 2.34. The molecule has 0 fully saturated rings. The summed E-state index contributed by atoms with van der Waals surface area (Å²) in [4.78, 5) is 2.61. The molecule has 70 valence electrons. The van der Waals surface area contributed by atoms with Crippen molar-refractivity contribution < 1.29 is 4.63 Å². The normalized spacial score (nSPS) is 10.1. The molecule has 0 saturated heterocycles. The molecule has 1 aromatic heterocycles. The first-order valence-electron chi connectivity index (χ1n) is 3.39. The number of rotatable bonds is 1. The molecule has 0 aliphatic heterocycles. The average molecular weight is 230 g/mol. The first-order valence-corrected chi connectivity index (χ1v) is 4.15. The molecule has 0 atom stereocenters. The van der Waals surface area contributed by atoms with Crippen LogP contribution >= 0.6 is 23.2 Å². The van der Waals surface area contributed by atoms with Crippen molar-refractivity contribution >= 4 is 39.9 Å². The fraction of sp³-hybridized carbons (Fsp3) is 0. The number of hydrogen-bond donors (Lipinski definition) is 0. The van der Waals surface area contributed by atoms with E-state index in [0.29, 0.717) is 10.5 Å². The topological polar surface area (TPSA) is 87.7 Å². The van der Waals surface area contributed by atoms with Gasteiger partial charge < -0.3 is 0 Å². The minimum absolute atomic E-state index is 0.162. The predicted molar refractivity (Wildman–Crippen MR) is 50.6 cm³/mol. The first-order chi connectivity index (χ1) is 6.74. The Hall–Kier alpha value is -1.49. The van der Waals surface area contributed by atoms with E-state index in [1.807, 2.05) is 0 Å². The summed E-state index contributed by atoms with van der Waals surface area (Å²) in [6, 6.07) is 1.42. The van der Waals surface area contributed by atoms with Gasteiger partial charge in [-0.2, -0.15) is 0 Å². The lowest BCUT2D eigenvalue weighted by Gasteiger charge is -1.96. The van der Waals surface area contributed by atoms with Crippen molar-refractivity contribution in [3.05, 3.63) is 26.6 Å². The standard InChI is InChI=1S/C6HCl2N5O/c7-2-1-3(8)5-6(12-14-11-5)4(2)10-13-9/h1H. The number of halogens is 2. The van der Waals surface area contributed by atoms with Gasteiger partial charge in [-0.3, -0.25) is 0 Å². The zero-order chi connectivity index (χ0) is 10.1. The summed E-state index contributed by atoms with van der Waals surface area (Å²) in [6.07, 6.45) is 0. The molecule has 2 rings (SSSR count). The number of nitrogens with zero attached hydrogens (tertiary/aromatic N) is 5. The zero-order valence-corrected chi connectivity index (χ0v) is 7.99. The summed E-state index contributed by atoms with van der Waals surface area (Å²) in [6.45, 7) is 0. The molecule has 6 nitrogen and oxygen atoms in total. The number of fused-ring (bicyclic) bond motifs is 1. The fourth-order valence-corrected chi connectivity index (χ4v) is 1.53. The molecule has 0 N–H and O–H groups in total. The summed E-state index contributed by atoms with van der Waals surface area (Å²) < 4.78 is 4.46. The van der Waals surface area contributed by atoms with E-state index in [4.69, 9.17) is 28.7 Å². The summed E-state index contributed by atoms with van der Waals surface area (Å²) in [5.41, 5.74) is 9.03. The number of hydrogen-bond acceptors (Lipinski definition) is 4. The number of azide groups is 1. The Bertz CT molecular complexity index is 544. The molecule has 0 bridgehead atoms. The van der Waals surface area contributed by atoms with Crippen molar-refractivity contribution in [2.24, 2.45) is 5.11 Å². The van der Waals surface area contributed by atoms with Crippen LogP contribution in [-0.2, 0) is 0 Å². The van der Waals surface area contributed by atoms with Crippen LogP contribution in [0.2, 0.25) is 10.0 Å². The molecule has 0 saturated carbocycles. The highest BCUT2D eigenvalue weighted by Crippen LogP contribution is 2.36. The molecule has 0 unspecified atom stereocenters. The molecule has 1 heterocycles. The van der Waals surface area contributed by atoms with Gasteiger partial charge in [0.2, 0.25) is 0 Å². The smallest absolute Gasteiger partial charge is 0.154 e. The summed E-state index contributed by atoms with van der Waals surface area (Å²) >= 11 is 11.6. The molecule has 8 heteroatoms. The van der Waals surface area contributed by atoms with Gasteiger partial charge >= 0.3 is 0 Å². The molecule has 0 aliphatic rings. The lowest BCUT2D eigenvalue weighted by molar-refractivity contribution is 0.315. The van der Waals surface area contributed by atoms with E-state index in [9.17, 15) is 0 Å². The van der Waals surface area contributed by atoms with Crippen LogP contribution in [0.5, 0.6) is 0 Å². The van der Waals surface area contributed by atoms with Gasteiger partial charge in [-0.05, 0) is 21.9 Å². The highest BCUT2D eigenvalue weighted by Gasteiger charge is 2.13. The Balaban J connectivity index is 2.92. The molecule has 0 aliphatic carbocycles. The van der Waals surface area contributed by atoms with E-state index < -0.39 is 0 Å². The van der Waals surface area contributed by atoms with Gasteiger partial charge in [0.25, 0.3) is 0 Å². The van der Waals surface area contributed by atoms with Crippen molar-refractivity contribution in [1.82, 2.24) is 10.3 Å². The summed E-state index contributed by atoms with van der Waals surface area (Å²) in [5, 5.41) is 11.0. The maximum Gasteiger partial charge on any atom is 0.154 e. The van der Waals surface area contributed by atoms with Gasteiger partial charge in [0.05, 0.1) is 15.7 Å². The third kappa shape index (κ3) is 1.26. The summed E-state index contributed by atoms with van der Waals surface area (Å²) in [7, 11) is 0. The number of aromatic nitrogens is 2. The van der Waals surface area contributed by atoms with Crippen LogP contribution in [0.25, 0.3) is 21.5 Å². The molecular weight excluding hydrogens is 229 g/mol. The van der Waals surface area contributed by atoms with E-state index in [-0.39, 0.29) is 16.2 Å².